The van der Waals surface area contributed by atoms with E-state index in [2.05, 4.69) is 5.10 Å². The highest BCUT2D eigenvalue weighted by Crippen LogP contribution is 2.19. The third-order valence-corrected chi connectivity index (χ3v) is 2.33. The lowest BCUT2D eigenvalue weighted by atomic mass is 9.91. The Morgan fingerprint density at radius 2 is 2.12 bits per heavy atom. The van der Waals surface area contributed by atoms with Crippen LogP contribution in [0.1, 0.15) is 39.0 Å². The fourth-order valence-electron chi connectivity index (χ4n) is 1.32. The van der Waals surface area contributed by atoms with E-state index in [1.807, 2.05) is 27.7 Å². The fraction of sp³-hybridized carbons (Fsp3) is 0.545. The van der Waals surface area contributed by atoms with Crippen LogP contribution in [0.15, 0.2) is 10.9 Å². The van der Waals surface area contributed by atoms with Gasteiger partial charge < -0.3 is 5.73 Å². The Hall–Kier alpha value is -1.65. The number of nitrogens with zero attached hydrogens (tertiary/aromatic N) is 2. The van der Waals surface area contributed by atoms with Crippen molar-refractivity contribution in [3.8, 4) is 0 Å². The Bertz CT molecular complexity index is 468. The first-order chi connectivity index (χ1) is 7.27. The molecule has 88 valence electrons. The summed E-state index contributed by atoms with van der Waals surface area (Å²) in [5, 5.41) is 11.6. The zero-order chi connectivity index (χ0) is 12.5. The summed E-state index contributed by atoms with van der Waals surface area (Å²) in [5.41, 5.74) is 5.90. The van der Waals surface area contributed by atoms with Crippen LogP contribution < -0.4 is 11.3 Å². The Kier molecular flexibility index (Phi) is 3.16. The van der Waals surface area contributed by atoms with Gasteiger partial charge in [0.1, 0.15) is 5.84 Å². The van der Waals surface area contributed by atoms with Gasteiger partial charge in [-0.1, -0.05) is 20.8 Å². The van der Waals surface area contributed by atoms with Gasteiger partial charge in [-0.25, -0.2) is 4.68 Å². The Morgan fingerprint density at radius 3 is 2.50 bits per heavy atom. The lowest BCUT2D eigenvalue weighted by Gasteiger charge is -2.19. The summed E-state index contributed by atoms with van der Waals surface area (Å²) >= 11 is 0. The van der Waals surface area contributed by atoms with Crippen LogP contribution in [0.25, 0.3) is 0 Å². The predicted molar refractivity (Wildman–Crippen MR) is 63.9 cm³/mol. The summed E-state index contributed by atoms with van der Waals surface area (Å²) < 4.78 is 1.34. The molecule has 16 heavy (non-hydrogen) atoms. The van der Waals surface area contributed by atoms with Gasteiger partial charge in [-0.2, -0.15) is 5.10 Å². The lowest BCUT2D eigenvalue weighted by Crippen LogP contribution is -2.33. The van der Waals surface area contributed by atoms with E-state index in [9.17, 15) is 4.79 Å². The minimum Gasteiger partial charge on any atom is -0.384 e. The average molecular weight is 222 g/mol. The first-order valence-electron chi connectivity index (χ1n) is 5.24. The quantitative estimate of drug-likeness (QED) is 0.574. The summed E-state index contributed by atoms with van der Waals surface area (Å²) in [6.45, 7) is 8.32. The highest BCUT2D eigenvalue weighted by atomic mass is 16.1. The zero-order valence-electron chi connectivity index (χ0n) is 10.2. The van der Waals surface area contributed by atoms with E-state index in [-0.39, 0.29) is 22.4 Å². The van der Waals surface area contributed by atoms with Crippen LogP contribution in [0.5, 0.6) is 0 Å². The molecule has 0 bridgehead atoms. The van der Waals surface area contributed by atoms with Crippen molar-refractivity contribution in [2.75, 3.05) is 0 Å². The molecule has 0 aliphatic heterocycles. The van der Waals surface area contributed by atoms with Gasteiger partial charge in [-0.3, -0.25) is 10.2 Å². The Labute approximate surface area is 94.8 Å². The van der Waals surface area contributed by atoms with Crippen LogP contribution in [-0.2, 0) is 12.0 Å². The number of aromatic nitrogens is 2. The third-order valence-electron chi connectivity index (χ3n) is 2.33. The van der Waals surface area contributed by atoms with Gasteiger partial charge in [0.25, 0.3) is 5.56 Å². The number of nitrogens with one attached hydrogen (secondary N) is 1. The van der Waals surface area contributed by atoms with Gasteiger partial charge in [0.2, 0.25) is 0 Å². The summed E-state index contributed by atoms with van der Waals surface area (Å²) in [4.78, 5) is 11.8. The van der Waals surface area contributed by atoms with Crippen molar-refractivity contribution < 1.29 is 0 Å². The summed E-state index contributed by atoms with van der Waals surface area (Å²) in [6.07, 6.45) is 0. The first-order valence-corrected chi connectivity index (χ1v) is 5.24. The van der Waals surface area contributed by atoms with Gasteiger partial charge in [0, 0.05) is 12.0 Å². The highest BCUT2D eigenvalue weighted by Gasteiger charge is 2.19. The number of rotatable bonds is 2. The molecule has 1 rings (SSSR count). The minimum atomic E-state index is -0.303. The third kappa shape index (κ3) is 2.29. The number of nitrogen functional groups attached to an aromatic ring is 1. The minimum absolute atomic E-state index is 0.172. The molecule has 0 radical (unpaired) electrons. The molecular formula is C11H18N4O. The molecule has 0 fully saturated rings. The molecular weight excluding hydrogens is 204 g/mol. The molecule has 0 amide bonds. The van der Waals surface area contributed by atoms with Crippen molar-refractivity contribution in [3.63, 3.8) is 0 Å². The maximum Gasteiger partial charge on any atom is 0.277 e. The van der Waals surface area contributed by atoms with Crippen LogP contribution in [0.3, 0.4) is 0 Å². The summed E-state index contributed by atoms with van der Waals surface area (Å²) in [5.74, 6) is -0.208. The van der Waals surface area contributed by atoms with E-state index in [1.54, 1.807) is 6.07 Å². The maximum absolute atomic E-state index is 11.8. The number of hydrogen-bond donors (Lipinski definition) is 2. The molecule has 1 aromatic rings. The number of hydrogen-bond acceptors (Lipinski definition) is 3. The van der Waals surface area contributed by atoms with Crippen LogP contribution in [0.2, 0.25) is 0 Å². The fourth-order valence-corrected chi connectivity index (χ4v) is 1.32. The molecule has 1 heterocycles. The molecule has 0 saturated heterocycles. The molecule has 0 saturated carbocycles. The SMILES string of the molecule is CCn1nc(C(C)(C)C)cc(C(=N)N)c1=O. The molecule has 0 aromatic carbocycles. The molecule has 0 aliphatic rings. The number of nitrogens with two attached hydrogens (primary N) is 1. The normalized spacial score (nSPS) is 11.5. The van der Waals surface area contributed by atoms with Crippen LogP contribution in [-0.4, -0.2) is 15.6 Å². The van der Waals surface area contributed by atoms with Crippen molar-refractivity contribution in [3.05, 3.63) is 27.7 Å². The highest BCUT2D eigenvalue weighted by molar-refractivity contribution is 5.94. The predicted octanol–water partition coefficient (Wildman–Crippen LogP) is 0.845. The second kappa shape index (κ2) is 4.08. The molecule has 0 spiro atoms. The molecule has 5 nitrogen and oxygen atoms in total. The number of amidine groups is 1. The summed E-state index contributed by atoms with van der Waals surface area (Å²) in [6, 6.07) is 1.61. The largest absolute Gasteiger partial charge is 0.384 e. The molecule has 1 aromatic heterocycles. The Balaban J connectivity index is 3.53. The summed E-state index contributed by atoms with van der Waals surface area (Å²) in [7, 11) is 0. The molecule has 3 N–H and O–H groups in total. The van der Waals surface area contributed by atoms with E-state index < -0.39 is 0 Å². The van der Waals surface area contributed by atoms with E-state index in [0.29, 0.717) is 6.54 Å². The molecule has 0 aliphatic carbocycles. The van der Waals surface area contributed by atoms with Crippen LogP contribution in [0, 0.1) is 5.41 Å². The number of aryl methyl sites for hydroxylation is 1. The van der Waals surface area contributed by atoms with Crippen LogP contribution in [0.4, 0.5) is 0 Å². The molecule has 0 unspecified atom stereocenters. The van der Waals surface area contributed by atoms with E-state index in [0.717, 1.165) is 5.69 Å². The maximum atomic E-state index is 11.8. The zero-order valence-corrected chi connectivity index (χ0v) is 10.2. The monoisotopic (exact) mass is 222 g/mol. The Morgan fingerprint density at radius 1 is 1.56 bits per heavy atom. The van der Waals surface area contributed by atoms with Crippen molar-refractivity contribution in [1.29, 1.82) is 5.41 Å². The first kappa shape index (κ1) is 12.4. The molecule has 0 atom stereocenters. The van der Waals surface area contributed by atoms with E-state index in [1.165, 1.54) is 4.68 Å². The van der Waals surface area contributed by atoms with Gasteiger partial charge >= 0.3 is 0 Å². The van der Waals surface area contributed by atoms with Crippen molar-refractivity contribution in [2.45, 2.75) is 39.7 Å². The van der Waals surface area contributed by atoms with Gasteiger partial charge in [0.15, 0.2) is 0 Å². The van der Waals surface area contributed by atoms with Gasteiger partial charge in [0.05, 0.1) is 11.3 Å². The lowest BCUT2D eigenvalue weighted by molar-refractivity contribution is 0.510. The second-order valence-electron chi connectivity index (χ2n) is 4.73. The average Bonchev–Trinajstić information content (AvgIpc) is 2.15. The molecule has 5 heteroatoms. The van der Waals surface area contributed by atoms with Crippen LogP contribution >= 0.6 is 0 Å². The standard InChI is InChI=1S/C11H18N4O/c1-5-15-10(16)7(9(12)13)6-8(14-15)11(2,3)4/h6H,5H2,1-4H3,(H3,12,13). The van der Waals surface area contributed by atoms with Crippen molar-refractivity contribution in [1.82, 2.24) is 9.78 Å². The topological polar surface area (TPSA) is 84.8 Å². The van der Waals surface area contributed by atoms with E-state index in [4.69, 9.17) is 11.1 Å². The van der Waals surface area contributed by atoms with Gasteiger partial charge in [-0.15, -0.1) is 0 Å². The second-order valence-corrected chi connectivity index (χ2v) is 4.73. The smallest absolute Gasteiger partial charge is 0.277 e. The van der Waals surface area contributed by atoms with Gasteiger partial charge in [-0.05, 0) is 13.0 Å². The van der Waals surface area contributed by atoms with E-state index >= 15 is 0 Å². The van der Waals surface area contributed by atoms with Crippen molar-refractivity contribution in [2.24, 2.45) is 5.73 Å². The van der Waals surface area contributed by atoms with Crippen molar-refractivity contribution >= 4 is 5.84 Å².